The SMILES string of the molecule is Cc1cccc(N2C(=NC(=O)NC(C)c3ccc(-c4ncn(-c5ccc(OC(F)(F)F)cc5)n4)cc3)SCCC2C)c1C(C)C. The van der Waals surface area contributed by atoms with Crippen LogP contribution in [0.2, 0.25) is 0 Å². The Morgan fingerprint density at radius 1 is 1.07 bits per heavy atom. The lowest BCUT2D eigenvalue weighted by atomic mass is 9.95. The van der Waals surface area contributed by atoms with Crippen molar-refractivity contribution in [1.82, 2.24) is 20.1 Å². The average Bonchev–Trinajstić information content (AvgIpc) is 3.47. The van der Waals surface area contributed by atoms with Gasteiger partial charge in [-0.25, -0.2) is 14.5 Å². The van der Waals surface area contributed by atoms with E-state index in [0.717, 1.165) is 29.0 Å². The topological polar surface area (TPSA) is 84.6 Å². The fraction of sp³-hybridized carbons (Fsp3) is 0.333. The number of nitrogens with one attached hydrogen (secondary N) is 1. The minimum atomic E-state index is -4.75. The number of halogens is 3. The lowest BCUT2D eigenvalue weighted by Gasteiger charge is -2.37. The van der Waals surface area contributed by atoms with Gasteiger partial charge < -0.3 is 15.0 Å². The highest BCUT2D eigenvalue weighted by Gasteiger charge is 2.31. The number of thioether (sulfide) groups is 1. The van der Waals surface area contributed by atoms with E-state index in [1.165, 1.54) is 46.4 Å². The molecule has 2 atom stereocenters. The van der Waals surface area contributed by atoms with Gasteiger partial charge in [0.15, 0.2) is 11.0 Å². The summed E-state index contributed by atoms with van der Waals surface area (Å²) in [5, 5.41) is 8.15. The van der Waals surface area contributed by atoms with E-state index in [9.17, 15) is 18.0 Å². The fourth-order valence-electron chi connectivity index (χ4n) is 5.39. The number of carbonyl (C=O) groups excluding carboxylic acids is 1. The van der Waals surface area contributed by atoms with Crippen LogP contribution in [0.3, 0.4) is 0 Å². The number of carbonyl (C=O) groups is 1. The predicted molar refractivity (Wildman–Crippen MR) is 172 cm³/mol. The summed E-state index contributed by atoms with van der Waals surface area (Å²) in [7, 11) is 0. The van der Waals surface area contributed by atoms with E-state index in [4.69, 9.17) is 0 Å². The molecule has 0 aliphatic carbocycles. The number of amidine groups is 1. The standard InChI is InChI=1S/C33H35F3N6O2S/c1-20(2)29-21(3)7-6-8-28(29)42-22(4)17-18-45-32(42)39-31(43)38-23(5)24-9-11-25(12-10-24)30-37-19-41(40-30)26-13-15-27(16-14-26)44-33(34,35)36/h6-16,19-20,22-23H,17-18H2,1-5H3,(H,38,43). The minimum absolute atomic E-state index is 0.210. The van der Waals surface area contributed by atoms with E-state index in [0.29, 0.717) is 22.6 Å². The molecule has 2 unspecified atom stereocenters. The number of nitrogens with zero attached hydrogens (tertiary/aromatic N) is 5. The van der Waals surface area contributed by atoms with Crippen molar-refractivity contribution in [2.24, 2.45) is 4.99 Å². The highest BCUT2D eigenvalue weighted by molar-refractivity contribution is 8.14. The molecule has 12 heteroatoms. The first-order chi connectivity index (χ1) is 21.4. The summed E-state index contributed by atoms with van der Waals surface area (Å²) >= 11 is 1.60. The van der Waals surface area contributed by atoms with E-state index in [1.54, 1.807) is 11.8 Å². The number of aliphatic imine (C=N–C) groups is 1. The molecule has 1 fully saturated rings. The molecular formula is C33H35F3N6O2S. The zero-order valence-corrected chi connectivity index (χ0v) is 26.5. The van der Waals surface area contributed by atoms with Crippen LogP contribution in [0.15, 0.2) is 78.0 Å². The van der Waals surface area contributed by atoms with Gasteiger partial charge in [-0.05, 0) is 80.1 Å². The Balaban J connectivity index is 1.26. The van der Waals surface area contributed by atoms with Crippen LogP contribution in [0.4, 0.5) is 23.7 Å². The Labute approximate surface area is 264 Å². The molecule has 1 N–H and O–H groups in total. The highest BCUT2D eigenvalue weighted by Crippen LogP contribution is 2.36. The third-order valence-corrected chi connectivity index (χ3v) is 8.57. The number of hydrogen-bond donors (Lipinski definition) is 1. The fourth-order valence-corrected chi connectivity index (χ4v) is 6.60. The van der Waals surface area contributed by atoms with E-state index >= 15 is 0 Å². The second kappa shape index (κ2) is 13.4. The number of amides is 2. The molecule has 5 rings (SSSR count). The Morgan fingerprint density at radius 3 is 2.44 bits per heavy atom. The second-order valence-corrected chi connectivity index (χ2v) is 12.3. The molecule has 1 saturated heterocycles. The van der Waals surface area contributed by atoms with Crippen LogP contribution in [0.5, 0.6) is 5.75 Å². The first-order valence-electron chi connectivity index (χ1n) is 14.7. The quantitative estimate of drug-likeness (QED) is 0.219. The van der Waals surface area contributed by atoms with Crippen LogP contribution in [0.25, 0.3) is 17.1 Å². The Morgan fingerprint density at radius 2 is 1.78 bits per heavy atom. The molecule has 2 amide bonds. The second-order valence-electron chi connectivity index (χ2n) is 11.3. The first kappa shape index (κ1) is 32.1. The Bertz CT molecular complexity index is 1670. The van der Waals surface area contributed by atoms with Gasteiger partial charge in [0, 0.05) is 23.0 Å². The smallest absolute Gasteiger partial charge is 0.406 e. The molecule has 0 bridgehead atoms. The van der Waals surface area contributed by atoms with Crippen molar-refractivity contribution < 1.29 is 22.7 Å². The van der Waals surface area contributed by atoms with Crippen molar-refractivity contribution in [3.05, 3.63) is 89.7 Å². The zero-order valence-electron chi connectivity index (χ0n) is 25.7. The Kier molecular flexibility index (Phi) is 9.52. The lowest BCUT2D eigenvalue weighted by molar-refractivity contribution is -0.274. The van der Waals surface area contributed by atoms with Gasteiger partial charge in [0.25, 0.3) is 0 Å². The number of urea groups is 1. The molecule has 4 aromatic rings. The third kappa shape index (κ3) is 7.67. The maximum atomic E-state index is 13.2. The molecule has 1 aromatic heterocycles. The van der Waals surface area contributed by atoms with Gasteiger partial charge in [0.1, 0.15) is 12.1 Å². The van der Waals surface area contributed by atoms with Crippen molar-refractivity contribution in [2.75, 3.05) is 10.7 Å². The summed E-state index contributed by atoms with van der Waals surface area (Å²) in [5.41, 5.74) is 5.75. The van der Waals surface area contributed by atoms with Gasteiger partial charge in [0.05, 0.1) is 11.7 Å². The molecule has 2 heterocycles. The predicted octanol–water partition coefficient (Wildman–Crippen LogP) is 8.42. The number of benzene rings is 3. The van der Waals surface area contributed by atoms with Gasteiger partial charge in [-0.3, -0.25) is 0 Å². The van der Waals surface area contributed by atoms with Crippen LogP contribution >= 0.6 is 11.8 Å². The van der Waals surface area contributed by atoms with E-state index in [2.05, 4.69) is 75.9 Å². The minimum Gasteiger partial charge on any atom is -0.406 e. The third-order valence-electron chi connectivity index (χ3n) is 7.58. The molecule has 8 nitrogen and oxygen atoms in total. The molecular weight excluding hydrogens is 601 g/mol. The largest absolute Gasteiger partial charge is 0.573 e. The van der Waals surface area contributed by atoms with Crippen LogP contribution in [0.1, 0.15) is 62.8 Å². The summed E-state index contributed by atoms with van der Waals surface area (Å²) in [5.74, 6) is 1.35. The summed E-state index contributed by atoms with van der Waals surface area (Å²) in [6.07, 6.45) is -2.27. The normalized spacial score (nSPS) is 17.0. The number of rotatable bonds is 7. The average molecular weight is 637 g/mol. The van der Waals surface area contributed by atoms with Crippen molar-refractivity contribution in [2.45, 2.75) is 65.4 Å². The van der Waals surface area contributed by atoms with Crippen molar-refractivity contribution in [3.63, 3.8) is 0 Å². The molecule has 3 aromatic carbocycles. The maximum absolute atomic E-state index is 13.2. The summed E-state index contributed by atoms with van der Waals surface area (Å²) in [6.45, 7) is 10.6. The summed E-state index contributed by atoms with van der Waals surface area (Å²) < 4.78 is 42.7. The van der Waals surface area contributed by atoms with Crippen LogP contribution in [-0.2, 0) is 0 Å². The van der Waals surface area contributed by atoms with Crippen molar-refractivity contribution in [3.8, 4) is 22.8 Å². The van der Waals surface area contributed by atoms with E-state index in [1.807, 2.05) is 31.2 Å². The molecule has 0 saturated carbocycles. The van der Waals surface area contributed by atoms with Crippen molar-refractivity contribution in [1.29, 1.82) is 0 Å². The van der Waals surface area contributed by atoms with Gasteiger partial charge in [0.2, 0.25) is 0 Å². The highest BCUT2D eigenvalue weighted by atomic mass is 32.2. The van der Waals surface area contributed by atoms with Gasteiger partial charge >= 0.3 is 12.4 Å². The molecule has 1 aliphatic heterocycles. The number of hydrogen-bond acceptors (Lipinski definition) is 5. The first-order valence-corrected chi connectivity index (χ1v) is 15.7. The van der Waals surface area contributed by atoms with Gasteiger partial charge in [-0.2, -0.15) is 4.99 Å². The number of aryl methyl sites for hydroxylation is 1. The summed E-state index contributed by atoms with van der Waals surface area (Å²) in [4.78, 5) is 24.2. The molecule has 1 aliphatic rings. The number of anilines is 1. The monoisotopic (exact) mass is 636 g/mol. The molecule has 0 radical (unpaired) electrons. The number of alkyl halides is 3. The van der Waals surface area contributed by atoms with Crippen LogP contribution in [0, 0.1) is 6.92 Å². The van der Waals surface area contributed by atoms with E-state index < -0.39 is 12.4 Å². The maximum Gasteiger partial charge on any atom is 0.573 e. The van der Waals surface area contributed by atoms with Crippen LogP contribution < -0.4 is 15.0 Å². The molecule has 0 spiro atoms. The van der Waals surface area contributed by atoms with E-state index in [-0.39, 0.29) is 17.8 Å². The number of aromatic nitrogens is 3. The summed E-state index contributed by atoms with van der Waals surface area (Å²) in [6, 6.07) is 18.7. The molecule has 236 valence electrons. The number of ether oxygens (including phenoxy) is 1. The van der Waals surface area contributed by atoms with Gasteiger partial charge in [-0.1, -0.05) is 62.0 Å². The zero-order chi connectivity index (χ0) is 32.3. The lowest BCUT2D eigenvalue weighted by Crippen LogP contribution is -2.43. The van der Waals surface area contributed by atoms with Crippen LogP contribution in [-0.4, -0.2) is 44.1 Å². The van der Waals surface area contributed by atoms with Gasteiger partial charge in [-0.15, -0.1) is 18.3 Å². The molecule has 45 heavy (non-hydrogen) atoms. The van der Waals surface area contributed by atoms with Crippen molar-refractivity contribution >= 4 is 28.6 Å². The Hall–Kier alpha value is -4.32.